The van der Waals surface area contributed by atoms with Crippen LogP contribution in [-0.4, -0.2) is 48.1 Å². The summed E-state index contributed by atoms with van der Waals surface area (Å²) in [7, 11) is 0. The molecular weight excluding hydrogens is 433 g/mol. The molecule has 0 bridgehead atoms. The van der Waals surface area contributed by atoms with E-state index in [4.69, 9.17) is 0 Å². The number of aliphatic imine (C=N–C) groups is 1. The van der Waals surface area contributed by atoms with Crippen molar-refractivity contribution < 1.29 is 0 Å². The maximum absolute atomic E-state index is 4.65. The predicted molar refractivity (Wildman–Crippen MR) is 115 cm³/mol. The molecule has 0 aliphatic carbocycles. The lowest BCUT2D eigenvalue weighted by Gasteiger charge is -2.35. The Kier molecular flexibility index (Phi) is 10.1. The van der Waals surface area contributed by atoms with Crippen molar-refractivity contribution in [3.8, 4) is 0 Å². The zero-order valence-electron chi connectivity index (χ0n) is 15.3. The minimum Gasteiger partial charge on any atom is -0.357 e. The molecule has 5 nitrogen and oxygen atoms in total. The Bertz CT molecular complexity index is 505. The van der Waals surface area contributed by atoms with Crippen LogP contribution in [0.3, 0.4) is 0 Å². The van der Waals surface area contributed by atoms with Crippen molar-refractivity contribution in [2.45, 2.75) is 53.1 Å². The summed E-state index contributed by atoms with van der Waals surface area (Å²) in [5, 5.41) is 7.87. The number of aromatic nitrogens is 1. The van der Waals surface area contributed by atoms with Crippen LogP contribution in [-0.2, 0) is 6.54 Å². The lowest BCUT2D eigenvalue weighted by atomic mass is 9.99. The van der Waals surface area contributed by atoms with Gasteiger partial charge in [0.25, 0.3) is 0 Å². The van der Waals surface area contributed by atoms with Gasteiger partial charge in [-0.3, -0.25) is 4.90 Å². The number of hydrogen-bond acceptors (Lipinski definition) is 4. The fraction of sp³-hybridized carbons (Fsp3) is 0.765. The number of hydrogen-bond donors (Lipinski definition) is 2. The van der Waals surface area contributed by atoms with Crippen molar-refractivity contribution >= 4 is 41.3 Å². The highest BCUT2D eigenvalue weighted by Crippen LogP contribution is 2.17. The van der Waals surface area contributed by atoms with Crippen molar-refractivity contribution in [2.75, 3.05) is 26.2 Å². The Morgan fingerprint density at radius 2 is 2.29 bits per heavy atom. The fourth-order valence-corrected chi connectivity index (χ4v) is 3.67. The second kappa shape index (κ2) is 11.3. The summed E-state index contributed by atoms with van der Waals surface area (Å²) >= 11 is 1.71. The average molecular weight is 465 g/mol. The zero-order valence-corrected chi connectivity index (χ0v) is 18.5. The van der Waals surface area contributed by atoms with E-state index in [0.29, 0.717) is 12.6 Å². The van der Waals surface area contributed by atoms with Gasteiger partial charge in [-0.05, 0) is 46.1 Å². The molecule has 1 saturated heterocycles. The number of halogens is 1. The molecule has 24 heavy (non-hydrogen) atoms. The summed E-state index contributed by atoms with van der Waals surface area (Å²) in [5.41, 5.74) is 0. The van der Waals surface area contributed by atoms with Gasteiger partial charge >= 0.3 is 0 Å². The van der Waals surface area contributed by atoms with Gasteiger partial charge in [0.15, 0.2) is 5.96 Å². The molecule has 1 fully saturated rings. The first kappa shape index (κ1) is 21.6. The summed E-state index contributed by atoms with van der Waals surface area (Å²) in [6.07, 6.45) is 4.60. The minimum atomic E-state index is 0. The van der Waals surface area contributed by atoms with Crippen LogP contribution < -0.4 is 10.6 Å². The molecule has 1 aliphatic rings. The van der Waals surface area contributed by atoms with Crippen molar-refractivity contribution in [1.29, 1.82) is 0 Å². The largest absolute Gasteiger partial charge is 0.357 e. The first-order valence-corrected chi connectivity index (χ1v) is 9.57. The maximum Gasteiger partial charge on any atom is 0.191 e. The van der Waals surface area contributed by atoms with Gasteiger partial charge in [0.1, 0.15) is 5.01 Å². The highest BCUT2D eigenvalue weighted by Gasteiger charge is 2.20. The standard InChI is InChI=1S/C17H31N5S.HI/c1-5-18-17(21-11-16-19-10-15(4)23-16)20-9-14(3)22-8-6-7-13(2)12-22;/h10,13-14H,5-9,11-12H2,1-4H3,(H2,18,20,21);1H. The quantitative estimate of drug-likeness (QED) is 0.385. The summed E-state index contributed by atoms with van der Waals surface area (Å²) < 4.78 is 0. The highest BCUT2D eigenvalue weighted by atomic mass is 127. The van der Waals surface area contributed by atoms with E-state index in [0.717, 1.165) is 30.0 Å². The lowest BCUT2D eigenvalue weighted by Crippen LogP contribution is -2.48. The Morgan fingerprint density at radius 3 is 2.92 bits per heavy atom. The van der Waals surface area contributed by atoms with E-state index in [1.807, 2.05) is 6.20 Å². The Hall–Kier alpha value is -0.410. The van der Waals surface area contributed by atoms with Crippen LogP contribution in [0.4, 0.5) is 0 Å². The molecule has 0 aromatic carbocycles. The maximum atomic E-state index is 4.65. The Morgan fingerprint density at radius 1 is 1.50 bits per heavy atom. The van der Waals surface area contributed by atoms with Gasteiger partial charge in [-0.15, -0.1) is 35.3 Å². The number of piperidine rings is 1. The van der Waals surface area contributed by atoms with Crippen LogP contribution in [0, 0.1) is 12.8 Å². The van der Waals surface area contributed by atoms with Crippen molar-refractivity contribution in [3.63, 3.8) is 0 Å². The molecule has 0 radical (unpaired) electrons. The van der Waals surface area contributed by atoms with Crippen LogP contribution in [0.25, 0.3) is 0 Å². The topological polar surface area (TPSA) is 52.6 Å². The predicted octanol–water partition coefficient (Wildman–Crippen LogP) is 3.25. The fourth-order valence-electron chi connectivity index (χ4n) is 2.96. The third kappa shape index (κ3) is 7.23. The molecule has 0 amide bonds. The van der Waals surface area contributed by atoms with Gasteiger partial charge in [0.05, 0.1) is 6.54 Å². The average Bonchev–Trinajstić information content (AvgIpc) is 2.95. The summed E-state index contributed by atoms with van der Waals surface area (Å²) in [6.45, 7) is 13.7. The van der Waals surface area contributed by atoms with E-state index in [1.165, 1.54) is 30.8 Å². The molecule has 138 valence electrons. The summed E-state index contributed by atoms with van der Waals surface area (Å²) in [6, 6.07) is 0.531. The van der Waals surface area contributed by atoms with E-state index < -0.39 is 0 Å². The number of thiazole rings is 1. The van der Waals surface area contributed by atoms with Crippen LogP contribution in [0.2, 0.25) is 0 Å². The van der Waals surface area contributed by atoms with Gasteiger partial charge in [-0.25, -0.2) is 9.98 Å². The van der Waals surface area contributed by atoms with Gasteiger partial charge in [-0.1, -0.05) is 6.92 Å². The highest BCUT2D eigenvalue weighted by molar-refractivity contribution is 14.0. The van der Waals surface area contributed by atoms with Crippen LogP contribution in [0.1, 0.15) is 43.5 Å². The SMILES string of the molecule is CCNC(=NCc1ncc(C)s1)NCC(C)N1CCCC(C)C1.I. The summed E-state index contributed by atoms with van der Waals surface area (Å²) in [5.74, 6) is 1.71. The molecule has 1 aromatic heterocycles. The van der Waals surface area contributed by atoms with Gasteiger partial charge in [0, 0.05) is 36.8 Å². The second-order valence-electron chi connectivity index (χ2n) is 6.53. The van der Waals surface area contributed by atoms with E-state index in [9.17, 15) is 0 Å². The first-order chi connectivity index (χ1) is 11.1. The molecule has 2 atom stereocenters. The van der Waals surface area contributed by atoms with Crippen molar-refractivity contribution in [3.05, 3.63) is 16.1 Å². The minimum absolute atomic E-state index is 0. The molecule has 1 aliphatic heterocycles. The smallest absolute Gasteiger partial charge is 0.191 e. The number of nitrogens with zero attached hydrogens (tertiary/aromatic N) is 3. The van der Waals surface area contributed by atoms with Gasteiger partial charge in [0.2, 0.25) is 0 Å². The van der Waals surface area contributed by atoms with Crippen molar-refractivity contribution in [1.82, 2.24) is 20.5 Å². The van der Waals surface area contributed by atoms with Crippen LogP contribution in [0.15, 0.2) is 11.2 Å². The number of rotatable bonds is 6. The molecule has 2 N–H and O–H groups in total. The van der Waals surface area contributed by atoms with E-state index in [1.54, 1.807) is 11.3 Å². The number of likely N-dealkylation sites (tertiary alicyclic amines) is 1. The zero-order chi connectivity index (χ0) is 16.7. The van der Waals surface area contributed by atoms with Crippen molar-refractivity contribution in [2.24, 2.45) is 10.9 Å². The van der Waals surface area contributed by atoms with Crippen LogP contribution >= 0.6 is 35.3 Å². The molecule has 2 unspecified atom stereocenters. The summed E-state index contributed by atoms with van der Waals surface area (Å²) in [4.78, 5) is 12.9. The molecule has 2 heterocycles. The second-order valence-corrected chi connectivity index (χ2v) is 7.85. The molecule has 0 saturated carbocycles. The number of nitrogens with one attached hydrogen (secondary N) is 2. The third-order valence-electron chi connectivity index (χ3n) is 4.26. The number of guanidine groups is 1. The van der Waals surface area contributed by atoms with Gasteiger partial charge in [-0.2, -0.15) is 0 Å². The molecule has 7 heteroatoms. The third-order valence-corrected chi connectivity index (χ3v) is 5.16. The van der Waals surface area contributed by atoms with E-state index in [2.05, 4.69) is 53.2 Å². The monoisotopic (exact) mass is 465 g/mol. The lowest BCUT2D eigenvalue weighted by molar-refractivity contribution is 0.139. The van der Waals surface area contributed by atoms with Crippen LogP contribution in [0.5, 0.6) is 0 Å². The van der Waals surface area contributed by atoms with Gasteiger partial charge < -0.3 is 10.6 Å². The molecule has 1 aromatic rings. The molecular formula is C17H32IN5S. The van der Waals surface area contributed by atoms with E-state index >= 15 is 0 Å². The van der Waals surface area contributed by atoms with E-state index in [-0.39, 0.29) is 24.0 Å². The molecule has 2 rings (SSSR count). The Balaban J connectivity index is 0.00000288. The molecule has 0 spiro atoms. The normalized spacial score (nSPS) is 20.3. The Labute approximate surface area is 167 Å². The number of aryl methyl sites for hydroxylation is 1. The first-order valence-electron chi connectivity index (χ1n) is 8.76.